The second-order valence-electron chi connectivity index (χ2n) is 3.35. The minimum absolute atomic E-state index is 0.232. The molecule has 90 valence electrons. The van der Waals surface area contributed by atoms with Crippen molar-refractivity contribution in [2.45, 2.75) is 11.6 Å². The number of aromatic nitrogens is 1. The van der Waals surface area contributed by atoms with Gasteiger partial charge in [0.2, 0.25) is 0 Å². The van der Waals surface area contributed by atoms with Crippen molar-refractivity contribution >= 4 is 22.9 Å². The molecule has 0 N–H and O–H groups in total. The van der Waals surface area contributed by atoms with Gasteiger partial charge in [-0.2, -0.15) is 13.2 Å². The molecule has 0 radical (unpaired) electrons. The van der Waals surface area contributed by atoms with Crippen molar-refractivity contribution in [1.29, 1.82) is 0 Å². The normalized spacial score (nSPS) is 13.6. The number of hydrogen-bond acceptors (Lipinski definition) is 2. The Hall–Kier alpha value is -1.07. The zero-order chi connectivity index (χ0) is 12.5. The Morgan fingerprint density at radius 3 is 2.35 bits per heavy atom. The molecule has 6 heteroatoms. The lowest BCUT2D eigenvalue weighted by molar-refractivity contribution is -0.137. The Kier molecular flexibility index (Phi) is 3.40. The van der Waals surface area contributed by atoms with E-state index < -0.39 is 16.6 Å². The zero-order valence-electron chi connectivity index (χ0n) is 8.41. The predicted molar refractivity (Wildman–Crippen MR) is 61.3 cm³/mol. The van der Waals surface area contributed by atoms with Gasteiger partial charge in [0, 0.05) is 5.38 Å². The molecular weight excluding hydrogens is 271 g/mol. The maximum atomic E-state index is 12.4. The Balaban J connectivity index is 2.27. The summed E-state index contributed by atoms with van der Waals surface area (Å²) in [6.45, 7) is 0. The average molecular weight is 278 g/mol. The third kappa shape index (κ3) is 2.79. The van der Waals surface area contributed by atoms with Crippen molar-refractivity contribution in [1.82, 2.24) is 4.98 Å². The van der Waals surface area contributed by atoms with E-state index in [1.54, 1.807) is 24.3 Å². The largest absolute Gasteiger partial charge is 0.443 e. The minimum atomic E-state index is -4.41. The lowest BCUT2D eigenvalue weighted by Crippen LogP contribution is -2.04. The summed E-state index contributed by atoms with van der Waals surface area (Å²) in [6.07, 6.45) is -4.41. The minimum Gasteiger partial charge on any atom is -0.235 e. The lowest BCUT2D eigenvalue weighted by Gasteiger charge is -2.06. The molecule has 0 spiro atoms. The Labute approximate surface area is 105 Å². The molecule has 1 atom stereocenters. The van der Waals surface area contributed by atoms with Crippen LogP contribution in [0, 0.1) is 0 Å². The molecule has 17 heavy (non-hydrogen) atoms. The summed E-state index contributed by atoms with van der Waals surface area (Å²) in [5, 5.41) is -0.175. The van der Waals surface area contributed by atoms with Gasteiger partial charge < -0.3 is 0 Å². The van der Waals surface area contributed by atoms with Gasteiger partial charge in [0.15, 0.2) is 5.01 Å². The zero-order valence-corrected chi connectivity index (χ0v) is 9.98. The molecule has 1 heterocycles. The number of rotatable bonds is 2. The number of hydrogen-bond donors (Lipinski definition) is 0. The number of nitrogens with zero attached hydrogens (tertiary/aromatic N) is 1. The Morgan fingerprint density at radius 1 is 1.18 bits per heavy atom. The van der Waals surface area contributed by atoms with E-state index in [-0.39, 0.29) is 5.69 Å². The molecule has 0 fully saturated rings. The summed E-state index contributed by atoms with van der Waals surface area (Å²) in [4.78, 5) is 3.52. The number of benzene rings is 1. The molecule has 0 aliphatic carbocycles. The second kappa shape index (κ2) is 4.66. The molecule has 0 saturated heterocycles. The predicted octanol–water partition coefficient (Wildman–Crippen LogP) is 4.49. The van der Waals surface area contributed by atoms with E-state index >= 15 is 0 Å². The van der Waals surface area contributed by atoms with Crippen molar-refractivity contribution in [3.8, 4) is 0 Å². The monoisotopic (exact) mass is 277 g/mol. The number of thiazole rings is 1. The van der Waals surface area contributed by atoms with E-state index in [2.05, 4.69) is 4.98 Å². The van der Waals surface area contributed by atoms with Crippen LogP contribution in [0.5, 0.6) is 0 Å². The second-order valence-corrected chi connectivity index (χ2v) is 4.64. The van der Waals surface area contributed by atoms with Crippen LogP contribution < -0.4 is 0 Å². The summed E-state index contributed by atoms with van der Waals surface area (Å²) in [5.74, 6) is 0. The summed E-state index contributed by atoms with van der Waals surface area (Å²) in [5.41, 5.74) is 0.961. The number of halogens is 4. The van der Waals surface area contributed by atoms with Gasteiger partial charge in [-0.1, -0.05) is 30.3 Å². The Morgan fingerprint density at radius 2 is 1.82 bits per heavy atom. The Bertz CT molecular complexity index is 495. The summed E-state index contributed by atoms with van der Waals surface area (Å²) >= 11 is 6.63. The van der Waals surface area contributed by atoms with Crippen molar-refractivity contribution in [3.63, 3.8) is 0 Å². The van der Waals surface area contributed by atoms with E-state index in [1.165, 1.54) is 5.38 Å². The third-order valence-electron chi connectivity index (χ3n) is 2.12. The van der Waals surface area contributed by atoms with Crippen LogP contribution in [-0.4, -0.2) is 4.98 Å². The van der Waals surface area contributed by atoms with E-state index in [0.717, 1.165) is 5.56 Å². The van der Waals surface area contributed by atoms with Gasteiger partial charge in [0.05, 0.1) is 5.69 Å². The van der Waals surface area contributed by atoms with Gasteiger partial charge in [0.1, 0.15) is 5.38 Å². The van der Waals surface area contributed by atoms with Crippen molar-refractivity contribution in [2.24, 2.45) is 0 Å². The molecule has 1 aromatic carbocycles. The molecule has 1 unspecified atom stereocenters. The smallest absolute Gasteiger partial charge is 0.235 e. The van der Waals surface area contributed by atoms with Gasteiger partial charge in [-0.15, -0.1) is 22.9 Å². The quantitative estimate of drug-likeness (QED) is 0.737. The topological polar surface area (TPSA) is 12.9 Å². The van der Waals surface area contributed by atoms with E-state index in [9.17, 15) is 13.2 Å². The van der Waals surface area contributed by atoms with Crippen LogP contribution in [0.4, 0.5) is 13.2 Å². The molecular formula is C11H7ClF3NS. The maximum absolute atomic E-state index is 12.4. The molecule has 2 aromatic rings. The average Bonchev–Trinajstić information content (AvgIpc) is 2.78. The standard InChI is InChI=1S/C11H7ClF3NS/c12-9(7-4-2-1-3-5-7)8-6-17-10(16-8)11(13,14)15/h1-6,9H. The fourth-order valence-corrected chi connectivity index (χ4v) is 2.37. The highest BCUT2D eigenvalue weighted by Crippen LogP contribution is 2.35. The third-order valence-corrected chi connectivity index (χ3v) is 3.50. The first-order valence-corrected chi connectivity index (χ1v) is 6.02. The first-order chi connectivity index (χ1) is 7.98. The molecule has 0 bridgehead atoms. The fraction of sp³-hybridized carbons (Fsp3) is 0.182. The number of alkyl halides is 4. The van der Waals surface area contributed by atoms with Gasteiger partial charge in [0.25, 0.3) is 0 Å². The molecule has 0 saturated carbocycles. The molecule has 0 amide bonds. The molecule has 1 nitrogen and oxygen atoms in total. The summed E-state index contributed by atoms with van der Waals surface area (Å²) in [6, 6.07) is 8.88. The molecule has 0 aliphatic rings. The highest BCUT2D eigenvalue weighted by atomic mass is 35.5. The molecule has 2 rings (SSSR count). The van der Waals surface area contributed by atoms with Crippen molar-refractivity contribution < 1.29 is 13.2 Å². The molecule has 1 aromatic heterocycles. The van der Waals surface area contributed by atoms with E-state index in [0.29, 0.717) is 11.3 Å². The van der Waals surface area contributed by atoms with Crippen LogP contribution >= 0.6 is 22.9 Å². The van der Waals surface area contributed by atoms with Crippen LogP contribution in [0.15, 0.2) is 35.7 Å². The summed E-state index contributed by atoms with van der Waals surface area (Å²) in [7, 11) is 0. The van der Waals surface area contributed by atoms with Gasteiger partial charge >= 0.3 is 6.18 Å². The van der Waals surface area contributed by atoms with Crippen LogP contribution in [0.1, 0.15) is 21.6 Å². The van der Waals surface area contributed by atoms with Gasteiger partial charge in [-0.25, -0.2) is 4.98 Å². The van der Waals surface area contributed by atoms with Crippen LogP contribution in [0.2, 0.25) is 0 Å². The van der Waals surface area contributed by atoms with Crippen molar-refractivity contribution in [3.05, 3.63) is 52.0 Å². The SMILES string of the molecule is FC(F)(F)c1nc(C(Cl)c2ccccc2)cs1. The van der Waals surface area contributed by atoms with Crippen molar-refractivity contribution in [2.75, 3.05) is 0 Å². The van der Waals surface area contributed by atoms with E-state index in [4.69, 9.17) is 11.6 Å². The van der Waals surface area contributed by atoms with E-state index in [1.807, 2.05) is 6.07 Å². The maximum Gasteiger partial charge on any atom is 0.443 e. The lowest BCUT2D eigenvalue weighted by atomic mass is 10.1. The van der Waals surface area contributed by atoms with Gasteiger partial charge in [-0.3, -0.25) is 0 Å². The highest BCUT2D eigenvalue weighted by molar-refractivity contribution is 7.09. The first-order valence-electron chi connectivity index (χ1n) is 4.70. The highest BCUT2D eigenvalue weighted by Gasteiger charge is 2.35. The van der Waals surface area contributed by atoms with Crippen LogP contribution in [-0.2, 0) is 6.18 Å². The van der Waals surface area contributed by atoms with Gasteiger partial charge in [-0.05, 0) is 5.56 Å². The fourth-order valence-electron chi connectivity index (χ4n) is 1.33. The first kappa shape index (κ1) is 12.4. The summed E-state index contributed by atoms with van der Waals surface area (Å²) < 4.78 is 37.1. The van der Waals surface area contributed by atoms with Crippen LogP contribution in [0.3, 0.4) is 0 Å². The molecule has 0 aliphatic heterocycles. The van der Waals surface area contributed by atoms with Crippen LogP contribution in [0.25, 0.3) is 0 Å².